The molecular formula is C19H27N3O2S. The van der Waals surface area contributed by atoms with Crippen LogP contribution >= 0.6 is 11.3 Å². The summed E-state index contributed by atoms with van der Waals surface area (Å²) in [6.45, 7) is 1.88. The first kappa shape index (κ1) is 17.2. The molecule has 2 heterocycles. The summed E-state index contributed by atoms with van der Waals surface area (Å²) in [7, 11) is 2.04. The third-order valence-corrected chi connectivity index (χ3v) is 6.86. The molecular weight excluding hydrogens is 334 g/mol. The van der Waals surface area contributed by atoms with Crippen LogP contribution in [0.3, 0.4) is 0 Å². The molecule has 2 aromatic rings. The minimum absolute atomic E-state index is 0.245. The van der Waals surface area contributed by atoms with Crippen LogP contribution in [-0.2, 0) is 6.42 Å². The van der Waals surface area contributed by atoms with E-state index in [1.807, 2.05) is 14.0 Å². The maximum atomic E-state index is 9.86. The van der Waals surface area contributed by atoms with E-state index >= 15 is 0 Å². The Labute approximate surface area is 152 Å². The molecule has 4 rings (SSSR count). The lowest BCUT2D eigenvalue weighted by Gasteiger charge is -2.28. The number of nitrogens with zero attached hydrogens (tertiary/aromatic N) is 2. The number of ether oxygens (including phenoxy) is 1. The van der Waals surface area contributed by atoms with Gasteiger partial charge >= 0.3 is 0 Å². The van der Waals surface area contributed by atoms with Crippen molar-refractivity contribution in [2.45, 2.75) is 76.0 Å². The predicted molar refractivity (Wildman–Crippen MR) is 101 cm³/mol. The second-order valence-corrected chi connectivity index (χ2v) is 8.58. The Kier molecular flexibility index (Phi) is 4.93. The predicted octanol–water partition coefficient (Wildman–Crippen LogP) is 3.40. The van der Waals surface area contributed by atoms with Crippen molar-refractivity contribution in [3.05, 3.63) is 16.8 Å². The fourth-order valence-corrected chi connectivity index (χ4v) is 5.64. The zero-order valence-electron chi connectivity index (χ0n) is 15.0. The van der Waals surface area contributed by atoms with E-state index in [1.165, 1.54) is 10.4 Å². The van der Waals surface area contributed by atoms with Crippen LogP contribution in [0.5, 0.6) is 5.88 Å². The Morgan fingerprint density at radius 1 is 1.28 bits per heavy atom. The molecule has 2 atom stereocenters. The lowest BCUT2D eigenvalue weighted by Crippen LogP contribution is -2.34. The van der Waals surface area contributed by atoms with Crippen LogP contribution in [0.4, 0.5) is 0 Å². The quantitative estimate of drug-likeness (QED) is 0.854. The van der Waals surface area contributed by atoms with Crippen LogP contribution in [-0.4, -0.2) is 40.4 Å². The molecule has 0 saturated heterocycles. The zero-order chi connectivity index (χ0) is 17.4. The molecule has 1 saturated carbocycles. The third kappa shape index (κ3) is 3.39. The summed E-state index contributed by atoms with van der Waals surface area (Å²) < 4.78 is 6.36. The minimum Gasteiger partial charge on any atom is -0.474 e. The molecule has 0 amide bonds. The number of hydrogen-bond acceptors (Lipinski definition) is 6. The molecule has 0 spiro atoms. The summed E-state index contributed by atoms with van der Waals surface area (Å²) in [5, 5.41) is 14.3. The lowest BCUT2D eigenvalue weighted by atomic mass is 9.93. The van der Waals surface area contributed by atoms with Gasteiger partial charge in [0, 0.05) is 10.9 Å². The first-order valence-electron chi connectivity index (χ1n) is 9.44. The average Bonchev–Trinajstić information content (AvgIpc) is 3.15. The summed E-state index contributed by atoms with van der Waals surface area (Å²) >= 11 is 1.77. The maximum absolute atomic E-state index is 9.86. The first-order chi connectivity index (χ1) is 12.2. The number of aromatic nitrogens is 2. The van der Waals surface area contributed by atoms with Gasteiger partial charge in [0.25, 0.3) is 0 Å². The van der Waals surface area contributed by atoms with Crippen LogP contribution < -0.4 is 10.1 Å². The molecule has 2 aromatic heterocycles. The molecule has 0 aromatic carbocycles. The molecule has 2 N–H and O–H groups in total. The highest BCUT2D eigenvalue weighted by Gasteiger charge is 2.31. The SMILES string of the molecule is CNC1CCC(Oc2ncnc3sc4c(c23)[C@@H](C[C@H](C)O)CC4)CC1. The van der Waals surface area contributed by atoms with Crippen molar-refractivity contribution >= 4 is 21.6 Å². The smallest absolute Gasteiger partial charge is 0.225 e. The zero-order valence-corrected chi connectivity index (χ0v) is 15.8. The molecule has 2 aliphatic carbocycles. The van der Waals surface area contributed by atoms with Crippen molar-refractivity contribution in [2.24, 2.45) is 0 Å². The second-order valence-electron chi connectivity index (χ2n) is 7.50. The van der Waals surface area contributed by atoms with Crippen molar-refractivity contribution in [2.75, 3.05) is 7.05 Å². The maximum Gasteiger partial charge on any atom is 0.225 e. The topological polar surface area (TPSA) is 67.3 Å². The number of hydrogen-bond donors (Lipinski definition) is 2. The van der Waals surface area contributed by atoms with Crippen molar-refractivity contribution in [3.8, 4) is 5.88 Å². The summed E-state index contributed by atoms with van der Waals surface area (Å²) in [5.41, 5.74) is 1.35. The van der Waals surface area contributed by atoms with Crippen molar-refractivity contribution in [1.82, 2.24) is 15.3 Å². The molecule has 25 heavy (non-hydrogen) atoms. The Bertz CT molecular complexity index is 738. The second kappa shape index (κ2) is 7.17. The minimum atomic E-state index is -0.281. The van der Waals surface area contributed by atoms with E-state index in [9.17, 15) is 5.11 Å². The van der Waals surface area contributed by atoms with Gasteiger partial charge in [0.2, 0.25) is 5.88 Å². The van der Waals surface area contributed by atoms with Gasteiger partial charge in [-0.3, -0.25) is 0 Å². The van der Waals surface area contributed by atoms with Gasteiger partial charge in [-0.1, -0.05) is 0 Å². The van der Waals surface area contributed by atoms with E-state index < -0.39 is 0 Å². The number of aliphatic hydroxyl groups is 1. The van der Waals surface area contributed by atoms with Crippen molar-refractivity contribution < 1.29 is 9.84 Å². The summed E-state index contributed by atoms with van der Waals surface area (Å²) in [4.78, 5) is 11.4. The fraction of sp³-hybridized carbons (Fsp3) is 0.684. The molecule has 0 bridgehead atoms. The fourth-order valence-electron chi connectivity index (χ4n) is 4.40. The van der Waals surface area contributed by atoms with Gasteiger partial charge in [-0.15, -0.1) is 11.3 Å². The van der Waals surface area contributed by atoms with Gasteiger partial charge in [-0.25, -0.2) is 9.97 Å². The van der Waals surface area contributed by atoms with E-state index in [1.54, 1.807) is 17.7 Å². The van der Waals surface area contributed by atoms with Crippen molar-refractivity contribution in [3.63, 3.8) is 0 Å². The Morgan fingerprint density at radius 2 is 2.08 bits per heavy atom. The first-order valence-corrected chi connectivity index (χ1v) is 10.3. The van der Waals surface area contributed by atoms with Gasteiger partial charge in [0.05, 0.1) is 11.5 Å². The van der Waals surface area contributed by atoms with E-state index in [0.717, 1.165) is 61.0 Å². The highest BCUT2D eigenvalue weighted by atomic mass is 32.1. The molecule has 136 valence electrons. The van der Waals surface area contributed by atoms with Gasteiger partial charge in [-0.2, -0.15) is 0 Å². The lowest BCUT2D eigenvalue weighted by molar-refractivity contribution is 0.137. The van der Waals surface area contributed by atoms with Gasteiger partial charge < -0.3 is 15.2 Å². The van der Waals surface area contributed by atoms with Gasteiger partial charge in [-0.05, 0) is 70.4 Å². The van der Waals surface area contributed by atoms with E-state index in [4.69, 9.17) is 4.74 Å². The molecule has 0 unspecified atom stereocenters. The Morgan fingerprint density at radius 3 is 2.80 bits per heavy atom. The van der Waals surface area contributed by atoms with Crippen LogP contribution in [0, 0.1) is 0 Å². The van der Waals surface area contributed by atoms with Crippen molar-refractivity contribution in [1.29, 1.82) is 0 Å². The van der Waals surface area contributed by atoms with E-state index in [0.29, 0.717) is 12.0 Å². The normalized spacial score (nSPS) is 27.4. The molecule has 1 fully saturated rings. The average molecular weight is 362 g/mol. The van der Waals surface area contributed by atoms with E-state index in [-0.39, 0.29) is 12.2 Å². The van der Waals surface area contributed by atoms with Crippen LogP contribution in [0.25, 0.3) is 10.2 Å². The molecule has 0 aliphatic heterocycles. The third-order valence-electron chi connectivity index (χ3n) is 5.68. The summed E-state index contributed by atoms with van der Waals surface area (Å²) in [6, 6.07) is 0.617. The molecule has 0 radical (unpaired) electrons. The number of fused-ring (bicyclic) bond motifs is 3. The monoisotopic (exact) mass is 361 g/mol. The summed E-state index contributed by atoms with van der Waals surface area (Å²) in [6.07, 6.45) is 9.05. The molecule has 5 nitrogen and oxygen atoms in total. The highest BCUT2D eigenvalue weighted by Crippen LogP contribution is 2.47. The molecule has 6 heteroatoms. The number of aliphatic hydroxyl groups excluding tert-OH is 1. The number of rotatable bonds is 5. The highest BCUT2D eigenvalue weighted by molar-refractivity contribution is 7.19. The number of thiophene rings is 1. The largest absolute Gasteiger partial charge is 0.474 e. The number of aryl methyl sites for hydroxylation is 1. The van der Waals surface area contributed by atoms with Gasteiger partial charge in [0.1, 0.15) is 17.3 Å². The standard InChI is InChI=1S/C19H27N3O2S/c1-11(23)9-12-3-8-15-16(12)17-18(21-10-22-19(17)25-15)24-14-6-4-13(20-2)5-7-14/h10-14,20,23H,3-9H2,1-2H3/t11-,12+,13?,14?/m0/s1. The van der Waals surface area contributed by atoms with Crippen LogP contribution in [0.15, 0.2) is 6.33 Å². The Balaban J connectivity index is 1.62. The van der Waals surface area contributed by atoms with Crippen LogP contribution in [0.1, 0.15) is 61.8 Å². The van der Waals surface area contributed by atoms with E-state index in [2.05, 4.69) is 15.3 Å². The molecule has 2 aliphatic rings. The Hall–Kier alpha value is -1.24. The number of nitrogens with one attached hydrogen (secondary N) is 1. The summed E-state index contributed by atoms with van der Waals surface area (Å²) in [5.74, 6) is 1.16. The van der Waals surface area contributed by atoms with Gasteiger partial charge in [0.15, 0.2) is 0 Å². The van der Waals surface area contributed by atoms with Crippen LogP contribution in [0.2, 0.25) is 0 Å².